The first-order valence-corrected chi connectivity index (χ1v) is 15.7. The molecule has 4 amide bonds. The van der Waals surface area contributed by atoms with Gasteiger partial charge in [0, 0.05) is 43.5 Å². The molecular weight excluding hydrogens is 582 g/mol. The quantitative estimate of drug-likeness (QED) is 0.275. The first-order valence-electron chi connectivity index (χ1n) is 14.3. The Kier molecular flexibility index (Phi) is 8.90. The van der Waals surface area contributed by atoms with Crippen molar-refractivity contribution in [3.05, 3.63) is 84.1 Å². The van der Waals surface area contributed by atoms with Gasteiger partial charge in [0.15, 0.2) is 0 Å². The summed E-state index contributed by atoms with van der Waals surface area (Å²) < 4.78 is 35.5. The SMILES string of the molecule is CN(Cc1cccc(-n2nc(C(C)(C)C)cc2NC(=O)Nc2cccc3ccccc23)c1)C(=O)NS(=O)(=O)N1CCOCC1. The van der Waals surface area contributed by atoms with Crippen LogP contribution in [-0.4, -0.2) is 72.8 Å². The molecule has 3 aromatic carbocycles. The van der Waals surface area contributed by atoms with E-state index in [9.17, 15) is 18.0 Å². The van der Waals surface area contributed by atoms with Gasteiger partial charge in [-0.2, -0.15) is 17.8 Å². The third-order valence-corrected chi connectivity index (χ3v) is 8.68. The number of aromatic nitrogens is 2. The Hall–Kier alpha value is -4.46. The van der Waals surface area contributed by atoms with Crippen LogP contribution >= 0.6 is 0 Å². The number of rotatable bonds is 7. The van der Waals surface area contributed by atoms with Crippen LogP contribution in [0.15, 0.2) is 72.8 Å². The molecular formula is C31H37N7O5S. The van der Waals surface area contributed by atoms with Gasteiger partial charge in [0.1, 0.15) is 5.82 Å². The molecule has 0 aliphatic carbocycles. The molecule has 2 heterocycles. The Labute approximate surface area is 257 Å². The number of hydrogen-bond donors (Lipinski definition) is 3. The number of carbonyl (C=O) groups excluding carboxylic acids is 2. The molecule has 1 fully saturated rings. The van der Waals surface area contributed by atoms with Gasteiger partial charge in [-0.15, -0.1) is 0 Å². The summed E-state index contributed by atoms with van der Waals surface area (Å²) in [6.45, 7) is 7.18. The highest BCUT2D eigenvalue weighted by molar-refractivity contribution is 7.87. The van der Waals surface area contributed by atoms with Gasteiger partial charge in [-0.1, -0.05) is 69.3 Å². The van der Waals surface area contributed by atoms with Crippen LogP contribution in [0.2, 0.25) is 0 Å². The number of fused-ring (bicyclic) bond motifs is 1. The van der Waals surface area contributed by atoms with E-state index in [2.05, 4.69) is 15.4 Å². The smallest absolute Gasteiger partial charge is 0.332 e. The fraction of sp³-hybridized carbons (Fsp3) is 0.323. The molecule has 0 unspecified atom stereocenters. The van der Waals surface area contributed by atoms with E-state index in [4.69, 9.17) is 9.84 Å². The number of nitrogens with zero attached hydrogens (tertiary/aromatic N) is 4. The Balaban J connectivity index is 1.34. The number of anilines is 2. The summed E-state index contributed by atoms with van der Waals surface area (Å²) in [4.78, 5) is 27.3. The van der Waals surface area contributed by atoms with Crippen molar-refractivity contribution in [3.63, 3.8) is 0 Å². The standard InChI is InChI=1S/C31H37N7O5S/c1-31(2,3)27-20-28(33-29(39)32-26-14-8-11-23-10-5-6-13-25(23)26)38(34-27)24-12-7-9-22(19-24)21-36(4)30(40)35-44(41,42)37-15-17-43-18-16-37/h5-14,19-20H,15-18,21H2,1-4H3,(H,35,40)(H2,32,33,39). The molecule has 1 aromatic heterocycles. The van der Waals surface area contributed by atoms with Crippen LogP contribution in [0.4, 0.5) is 21.1 Å². The van der Waals surface area contributed by atoms with Crippen molar-refractivity contribution in [2.45, 2.75) is 32.7 Å². The van der Waals surface area contributed by atoms with E-state index in [1.807, 2.05) is 93.6 Å². The minimum atomic E-state index is -3.98. The summed E-state index contributed by atoms with van der Waals surface area (Å²) in [7, 11) is -2.46. The van der Waals surface area contributed by atoms with Gasteiger partial charge in [0.2, 0.25) is 0 Å². The van der Waals surface area contributed by atoms with Crippen molar-refractivity contribution in [2.75, 3.05) is 44.0 Å². The highest BCUT2D eigenvalue weighted by Gasteiger charge is 2.27. The molecule has 0 atom stereocenters. The van der Waals surface area contributed by atoms with Crippen molar-refractivity contribution in [1.29, 1.82) is 0 Å². The van der Waals surface area contributed by atoms with Crippen molar-refractivity contribution in [3.8, 4) is 5.69 Å². The highest BCUT2D eigenvalue weighted by Crippen LogP contribution is 2.28. The average Bonchev–Trinajstić information content (AvgIpc) is 3.42. The number of urea groups is 2. The molecule has 0 radical (unpaired) electrons. The number of carbonyl (C=O) groups is 2. The first-order chi connectivity index (χ1) is 20.9. The second-order valence-electron chi connectivity index (χ2n) is 11.6. The Morgan fingerprint density at radius 2 is 1.66 bits per heavy atom. The molecule has 1 saturated heterocycles. The van der Waals surface area contributed by atoms with Gasteiger partial charge < -0.3 is 15.0 Å². The molecule has 4 aromatic rings. The van der Waals surface area contributed by atoms with Crippen molar-refractivity contribution >= 4 is 44.5 Å². The molecule has 5 rings (SSSR count). The van der Waals surface area contributed by atoms with E-state index >= 15 is 0 Å². The molecule has 12 nitrogen and oxygen atoms in total. The van der Waals surface area contributed by atoms with Crippen LogP contribution in [0.1, 0.15) is 32.0 Å². The fourth-order valence-corrected chi connectivity index (χ4v) is 5.95. The third kappa shape index (κ3) is 7.18. The van der Waals surface area contributed by atoms with Gasteiger partial charge in [-0.3, -0.25) is 5.32 Å². The number of benzene rings is 3. The van der Waals surface area contributed by atoms with Gasteiger partial charge in [-0.05, 0) is 29.1 Å². The predicted octanol–water partition coefficient (Wildman–Crippen LogP) is 4.69. The Morgan fingerprint density at radius 1 is 0.955 bits per heavy atom. The molecule has 1 aliphatic rings. The predicted molar refractivity (Wildman–Crippen MR) is 170 cm³/mol. The number of morpholine rings is 1. The maximum Gasteiger partial charge on any atom is 0.332 e. The van der Waals surface area contributed by atoms with E-state index in [-0.39, 0.29) is 38.3 Å². The second kappa shape index (κ2) is 12.6. The number of amides is 4. The lowest BCUT2D eigenvalue weighted by Gasteiger charge is -2.27. The summed E-state index contributed by atoms with van der Waals surface area (Å²) in [6.07, 6.45) is 0. The molecule has 0 saturated carbocycles. The number of ether oxygens (including phenoxy) is 1. The van der Waals surface area contributed by atoms with E-state index < -0.39 is 22.3 Å². The van der Waals surface area contributed by atoms with Crippen LogP contribution in [-0.2, 0) is 26.9 Å². The Bertz CT molecular complexity index is 1770. The fourth-order valence-electron chi connectivity index (χ4n) is 4.81. The van der Waals surface area contributed by atoms with Crippen LogP contribution in [0.25, 0.3) is 16.5 Å². The van der Waals surface area contributed by atoms with Gasteiger partial charge >= 0.3 is 22.3 Å². The first kappa shape index (κ1) is 31.0. The lowest BCUT2D eigenvalue weighted by Crippen LogP contribution is -2.50. The topological polar surface area (TPSA) is 138 Å². The minimum Gasteiger partial charge on any atom is -0.379 e. The summed E-state index contributed by atoms with van der Waals surface area (Å²) in [5, 5.41) is 12.6. The molecule has 232 valence electrons. The Morgan fingerprint density at radius 3 is 2.41 bits per heavy atom. The number of hydrogen-bond acceptors (Lipinski definition) is 6. The summed E-state index contributed by atoms with van der Waals surface area (Å²) >= 11 is 0. The molecule has 3 N–H and O–H groups in total. The lowest BCUT2D eigenvalue weighted by atomic mass is 9.92. The van der Waals surface area contributed by atoms with E-state index in [0.29, 0.717) is 17.2 Å². The van der Waals surface area contributed by atoms with Crippen LogP contribution in [0.3, 0.4) is 0 Å². The maximum absolute atomic E-state index is 13.2. The van der Waals surface area contributed by atoms with Crippen molar-refractivity contribution < 1.29 is 22.7 Å². The van der Waals surface area contributed by atoms with Gasteiger partial charge in [0.05, 0.1) is 30.3 Å². The molecule has 13 heteroatoms. The minimum absolute atomic E-state index is 0.135. The number of nitrogens with one attached hydrogen (secondary N) is 3. The van der Waals surface area contributed by atoms with E-state index in [0.717, 1.165) is 22.0 Å². The monoisotopic (exact) mass is 619 g/mol. The highest BCUT2D eigenvalue weighted by atomic mass is 32.2. The van der Waals surface area contributed by atoms with Crippen molar-refractivity contribution in [2.24, 2.45) is 0 Å². The normalized spacial score (nSPS) is 14.3. The average molecular weight is 620 g/mol. The van der Waals surface area contributed by atoms with Crippen LogP contribution in [0, 0.1) is 0 Å². The maximum atomic E-state index is 13.2. The zero-order valence-electron chi connectivity index (χ0n) is 25.2. The lowest BCUT2D eigenvalue weighted by molar-refractivity contribution is 0.0725. The van der Waals surface area contributed by atoms with Crippen LogP contribution in [0.5, 0.6) is 0 Å². The molecule has 44 heavy (non-hydrogen) atoms. The second-order valence-corrected chi connectivity index (χ2v) is 13.3. The van der Waals surface area contributed by atoms with E-state index in [1.165, 1.54) is 16.3 Å². The molecule has 0 spiro atoms. The molecule has 0 bridgehead atoms. The largest absolute Gasteiger partial charge is 0.379 e. The van der Waals surface area contributed by atoms with Gasteiger partial charge in [0.25, 0.3) is 0 Å². The van der Waals surface area contributed by atoms with Gasteiger partial charge in [-0.25, -0.2) is 19.0 Å². The zero-order valence-corrected chi connectivity index (χ0v) is 26.0. The summed E-state index contributed by atoms with van der Waals surface area (Å²) in [6, 6.07) is 21.5. The summed E-state index contributed by atoms with van der Waals surface area (Å²) in [5.74, 6) is 0.465. The van der Waals surface area contributed by atoms with E-state index in [1.54, 1.807) is 4.68 Å². The van der Waals surface area contributed by atoms with Crippen LogP contribution < -0.4 is 15.4 Å². The van der Waals surface area contributed by atoms with Crippen molar-refractivity contribution in [1.82, 2.24) is 23.7 Å². The summed E-state index contributed by atoms with van der Waals surface area (Å²) in [5.41, 5.74) is 2.56. The molecule has 1 aliphatic heterocycles. The zero-order chi connectivity index (χ0) is 31.5. The third-order valence-electron chi connectivity index (χ3n) is 7.21.